The van der Waals surface area contributed by atoms with Crippen LogP contribution in [0.15, 0.2) is 17.2 Å². The molecule has 0 aromatic heterocycles. The molecule has 1 aromatic rings. The molecule has 0 heterocycles. The van der Waals surface area contributed by atoms with E-state index in [-0.39, 0.29) is 10.6 Å². The Bertz CT molecular complexity index is 528. The Morgan fingerprint density at radius 3 is 2.33 bits per heavy atom. The van der Waals surface area contributed by atoms with Crippen molar-refractivity contribution in [2.24, 2.45) is 5.10 Å². The summed E-state index contributed by atoms with van der Waals surface area (Å²) in [5.41, 5.74) is 0.320. The first-order valence-electron chi connectivity index (χ1n) is 6.01. The molecule has 0 aliphatic carbocycles. The number of benzene rings is 1. The molecule has 118 valence electrons. The zero-order valence-corrected chi connectivity index (χ0v) is 12.0. The Hall–Kier alpha value is -2.12. The molecule has 0 atom stereocenters. The number of phenolic OH excluding ortho intramolecular Hbond substituents is 1. The number of phenols is 1. The number of carbonyl (C=O) groups excluding carboxylic acids is 1. The molecule has 0 aliphatic rings. The van der Waals surface area contributed by atoms with Crippen LogP contribution in [0, 0.1) is 12.7 Å². The summed E-state index contributed by atoms with van der Waals surface area (Å²) in [5.74, 6) is -3.84. The number of nitrogens with zero attached hydrogens (tertiary/aromatic N) is 2. The van der Waals surface area contributed by atoms with E-state index < -0.39 is 23.7 Å². The molecule has 0 aliphatic heterocycles. The molecule has 0 radical (unpaired) electrons. The molecule has 1 N–H and O–H groups in total. The predicted octanol–water partition coefficient (Wildman–Crippen LogP) is 3.22. The van der Waals surface area contributed by atoms with Crippen molar-refractivity contribution in [3.63, 3.8) is 0 Å². The molecule has 0 spiro atoms. The Balaban J connectivity index is 0.00000191. The summed E-state index contributed by atoms with van der Waals surface area (Å²) in [6.45, 7) is 5.53. The smallest absolute Gasteiger partial charge is 0.473 e. The SMILES string of the molecule is CC.Cc1cc(F)c(O)c(/C=N/N(C)C(=O)C(F)(F)F)c1. The van der Waals surface area contributed by atoms with Crippen molar-refractivity contribution < 1.29 is 27.5 Å². The Morgan fingerprint density at radius 2 is 1.86 bits per heavy atom. The third-order valence-corrected chi connectivity index (χ3v) is 2.14. The molecular weight excluding hydrogens is 292 g/mol. The number of amides is 1. The maximum absolute atomic E-state index is 13.1. The van der Waals surface area contributed by atoms with Crippen LogP contribution in [-0.2, 0) is 4.79 Å². The number of hydrogen-bond acceptors (Lipinski definition) is 3. The van der Waals surface area contributed by atoms with Gasteiger partial charge in [-0.3, -0.25) is 4.79 Å². The van der Waals surface area contributed by atoms with Crippen LogP contribution < -0.4 is 0 Å². The predicted molar refractivity (Wildman–Crippen MR) is 70.6 cm³/mol. The average molecular weight is 308 g/mol. The maximum atomic E-state index is 13.1. The summed E-state index contributed by atoms with van der Waals surface area (Å²) in [6.07, 6.45) is -4.28. The average Bonchev–Trinajstić information content (AvgIpc) is 2.41. The normalized spacial score (nSPS) is 11.0. The standard InChI is InChI=1S/C11H10F4N2O2.C2H6/c1-6-3-7(9(18)8(12)4-6)5-16-17(2)10(19)11(13,14)15;1-2/h3-5,18H,1-2H3;1-2H3/b16-5+;. The van der Waals surface area contributed by atoms with Gasteiger partial charge in [0.25, 0.3) is 0 Å². The van der Waals surface area contributed by atoms with E-state index in [0.717, 1.165) is 19.3 Å². The first-order chi connectivity index (χ1) is 9.62. The van der Waals surface area contributed by atoms with Crippen molar-refractivity contribution in [1.29, 1.82) is 0 Å². The summed E-state index contributed by atoms with van der Waals surface area (Å²) < 4.78 is 49.3. The topological polar surface area (TPSA) is 52.9 Å². The fourth-order valence-corrected chi connectivity index (χ4v) is 1.24. The molecule has 0 unspecified atom stereocenters. The summed E-state index contributed by atoms with van der Waals surface area (Å²) in [5, 5.41) is 12.6. The first-order valence-corrected chi connectivity index (χ1v) is 6.01. The van der Waals surface area contributed by atoms with E-state index in [2.05, 4.69) is 5.10 Å². The quantitative estimate of drug-likeness (QED) is 0.518. The number of hydrazone groups is 1. The molecule has 0 saturated heterocycles. The number of hydrogen-bond donors (Lipinski definition) is 1. The number of aryl methyl sites for hydroxylation is 1. The molecule has 0 bridgehead atoms. The number of alkyl halides is 3. The van der Waals surface area contributed by atoms with Crippen LogP contribution in [0.4, 0.5) is 17.6 Å². The van der Waals surface area contributed by atoms with Crippen LogP contribution in [0.5, 0.6) is 5.75 Å². The lowest BCUT2D eigenvalue weighted by Crippen LogP contribution is -2.35. The molecule has 1 rings (SSSR count). The zero-order valence-electron chi connectivity index (χ0n) is 12.0. The Labute approximate surface area is 119 Å². The fraction of sp³-hybridized carbons (Fsp3) is 0.385. The van der Waals surface area contributed by atoms with E-state index in [1.807, 2.05) is 13.8 Å². The van der Waals surface area contributed by atoms with Crippen LogP contribution >= 0.6 is 0 Å². The van der Waals surface area contributed by atoms with Gasteiger partial charge in [-0.2, -0.15) is 18.3 Å². The van der Waals surface area contributed by atoms with Gasteiger partial charge < -0.3 is 5.11 Å². The van der Waals surface area contributed by atoms with Gasteiger partial charge in [-0.15, -0.1) is 0 Å². The van der Waals surface area contributed by atoms with Gasteiger partial charge in [0, 0.05) is 12.6 Å². The number of aromatic hydroxyl groups is 1. The van der Waals surface area contributed by atoms with Crippen LogP contribution in [-0.4, -0.2) is 35.5 Å². The van der Waals surface area contributed by atoms with E-state index in [0.29, 0.717) is 5.56 Å². The first kappa shape index (κ1) is 18.9. The van der Waals surface area contributed by atoms with Gasteiger partial charge in [0.05, 0.1) is 6.21 Å². The van der Waals surface area contributed by atoms with Gasteiger partial charge in [-0.25, -0.2) is 9.40 Å². The highest BCUT2D eigenvalue weighted by atomic mass is 19.4. The number of rotatable bonds is 2. The number of carbonyl (C=O) groups is 1. The second kappa shape index (κ2) is 7.61. The molecule has 0 fully saturated rings. The second-order valence-corrected chi connectivity index (χ2v) is 3.76. The molecular formula is C13H16F4N2O2. The van der Waals surface area contributed by atoms with Crippen molar-refractivity contribution in [2.45, 2.75) is 26.9 Å². The lowest BCUT2D eigenvalue weighted by Gasteiger charge is -2.12. The summed E-state index contributed by atoms with van der Waals surface area (Å²) in [6, 6.07) is 2.37. The van der Waals surface area contributed by atoms with Crippen LogP contribution in [0.1, 0.15) is 25.0 Å². The van der Waals surface area contributed by atoms with Crippen molar-refractivity contribution in [1.82, 2.24) is 5.01 Å². The van der Waals surface area contributed by atoms with Gasteiger partial charge in [0.1, 0.15) is 0 Å². The molecule has 21 heavy (non-hydrogen) atoms. The minimum atomic E-state index is -5.05. The summed E-state index contributed by atoms with van der Waals surface area (Å²) in [7, 11) is 0.801. The van der Waals surface area contributed by atoms with Gasteiger partial charge in [0.2, 0.25) is 0 Å². The molecule has 1 aromatic carbocycles. The fourth-order valence-electron chi connectivity index (χ4n) is 1.24. The van der Waals surface area contributed by atoms with E-state index in [1.165, 1.54) is 13.0 Å². The van der Waals surface area contributed by atoms with Crippen molar-refractivity contribution in [2.75, 3.05) is 7.05 Å². The van der Waals surface area contributed by atoms with Gasteiger partial charge >= 0.3 is 12.1 Å². The van der Waals surface area contributed by atoms with Gasteiger partial charge in [0.15, 0.2) is 11.6 Å². The summed E-state index contributed by atoms with van der Waals surface area (Å²) in [4.78, 5) is 10.8. The number of halogens is 4. The van der Waals surface area contributed by atoms with E-state index in [1.54, 1.807) is 0 Å². The third-order valence-electron chi connectivity index (χ3n) is 2.14. The van der Waals surface area contributed by atoms with E-state index in [4.69, 9.17) is 0 Å². The molecule has 8 heteroatoms. The van der Waals surface area contributed by atoms with E-state index >= 15 is 0 Å². The largest absolute Gasteiger partial charge is 0.504 e. The molecule has 1 amide bonds. The zero-order chi connectivity index (χ0) is 16.8. The Kier molecular flexibility index (Phi) is 6.84. The van der Waals surface area contributed by atoms with Crippen molar-refractivity contribution >= 4 is 12.1 Å². The molecule has 0 saturated carbocycles. The van der Waals surface area contributed by atoms with Gasteiger partial charge in [-0.05, 0) is 24.6 Å². The van der Waals surface area contributed by atoms with Crippen LogP contribution in [0.25, 0.3) is 0 Å². The monoisotopic (exact) mass is 308 g/mol. The van der Waals surface area contributed by atoms with Crippen LogP contribution in [0.3, 0.4) is 0 Å². The molecule has 4 nitrogen and oxygen atoms in total. The highest BCUT2D eigenvalue weighted by Gasteiger charge is 2.41. The minimum absolute atomic E-state index is 0.0552. The lowest BCUT2D eigenvalue weighted by molar-refractivity contribution is -0.184. The van der Waals surface area contributed by atoms with Crippen LogP contribution in [0.2, 0.25) is 0 Å². The summed E-state index contributed by atoms with van der Waals surface area (Å²) >= 11 is 0. The maximum Gasteiger partial charge on any atom is 0.473 e. The second-order valence-electron chi connectivity index (χ2n) is 3.76. The van der Waals surface area contributed by atoms with Crippen molar-refractivity contribution in [3.8, 4) is 5.75 Å². The Morgan fingerprint density at radius 1 is 1.33 bits per heavy atom. The van der Waals surface area contributed by atoms with E-state index in [9.17, 15) is 27.5 Å². The lowest BCUT2D eigenvalue weighted by atomic mass is 10.1. The highest BCUT2D eigenvalue weighted by molar-refractivity contribution is 5.86. The third kappa shape index (κ3) is 5.41. The highest BCUT2D eigenvalue weighted by Crippen LogP contribution is 2.22. The van der Waals surface area contributed by atoms with Crippen molar-refractivity contribution in [3.05, 3.63) is 29.1 Å². The minimum Gasteiger partial charge on any atom is -0.504 e. The van der Waals surface area contributed by atoms with Gasteiger partial charge in [-0.1, -0.05) is 13.8 Å².